The lowest BCUT2D eigenvalue weighted by Gasteiger charge is -2.07. The molecule has 0 aliphatic rings. The first-order valence-electron chi connectivity index (χ1n) is 12.1. The zero-order valence-corrected chi connectivity index (χ0v) is 18.9. The minimum atomic E-state index is 0.0580. The molecule has 0 saturated heterocycles. The summed E-state index contributed by atoms with van der Waals surface area (Å²) in [6, 6.07) is 32.1. The summed E-state index contributed by atoms with van der Waals surface area (Å²) >= 11 is 0. The second-order valence-electron chi connectivity index (χ2n) is 9.62. The molecule has 4 nitrogen and oxygen atoms in total. The fraction of sp³-hybridized carbons (Fsp3) is 0. The molecule has 0 bridgehead atoms. The van der Waals surface area contributed by atoms with E-state index in [-0.39, 0.29) is 10.9 Å². The Hall–Kier alpha value is -4.96. The van der Waals surface area contributed by atoms with Gasteiger partial charge in [0.1, 0.15) is 0 Å². The zero-order valence-electron chi connectivity index (χ0n) is 18.9. The average molecular weight is 460 g/mol. The van der Waals surface area contributed by atoms with Gasteiger partial charge in [-0.25, -0.2) is 0 Å². The van der Waals surface area contributed by atoms with Crippen molar-refractivity contribution in [2.45, 2.75) is 0 Å². The molecule has 9 aromatic rings. The summed E-state index contributed by atoms with van der Waals surface area (Å²) in [6.45, 7) is 0. The van der Waals surface area contributed by atoms with Gasteiger partial charge in [-0.1, -0.05) is 54.6 Å². The van der Waals surface area contributed by atoms with Crippen LogP contribution in [0.1, 0.15) is 0 Å². The highest BCUT2D eigenvalue weighted by molar-refractivity contribution is 6.30. The first-order chi connectivity index (χ1) is 17.7. The summed E-state index contributed by atoms with van der Waals surface area (Å²) in [7, 11) is 0. The summed E-state index contributed by atoms with van der Waals surface area (Å²) in [5.41, 5.74) is 5.95. The van der Waals surface area contributed by atoms with Gasteiger partial charge in [-0.2, -0.15) is 0 Å². The number of hydrogen-bond acceptors (Lipinski definition) is 2. The molecule has 0 amide bonds. The molecule has 4 aromatic heterocycles. The number of fused-ring (bicyclic) bond motifs is 11. The van der Waals surface area contributed by atoms with Gasteiger partial charge in [0, 0.05) is 43.1 Å². The Kier molecular flexibility index (Phi) is 3.06. The number of nitrogens with zero attached hydrogens (tertiary/aromatic N) is 2. The Balaban J connectivity index is 1.73. The molecule has 0 unspecified atom stereocenters. The standard InChI is InChI=1S/C32H16N2O2/c35-31-19-7-1-3-13-24(19)33-26-16-15-18-17-9-5-11-22-28(17)34(25-14-4-2-8-20(25)32(22)36)30(18)27(26)21-10-6-12-23(31)29(21)33/h1-16H. The van der Waals surface area contributed by atoms with Crippen LogP contribution in [0.3, 0.4) is 0 Å². The van der Waals surface area contributed by atoms with Crippen molar-refractivity contribution in [2.24, 2.45) is 0 Å². The van der Waals surface area contributed by atoms with Crippen LogP contribution < -0.4 is 10.9 Å². The lowest BCUT2D eigenvalue weighted by molar-refractivity contribution is 1.33. The van der Waals surface area contributed by atoms with E-state index in [0.717, 1.165) is 70.8 Å². The third kappa shape index (κ3) is 1.89. The second kappa shape index (κ2) is 5.99. The van der Waals surface area contributed by atoms with Gasteiger partial charge in [0.25, 0.3) is 0 Å². The molecular weight excluding hydrogens is 444 g/mol. The van der Waals surface area contributed by atoms with E-state index in [1.165, 1.54) is 0 Å². The van der Waals surface area contributed by atoms with E-state index < -0.39 is 0 Å². The summed E-state index contributed by atoms with van der Waals surface area (Å²) in [5.74, 6) is 0. The van der Waals surface area contributed by atoms with Gasteiger partial charge in [-0.05, 0) is 42.5 Å². The molecule has 36 heavy (non-hydrogen) atoms. The molecule has 0 fully saturated rings. The maximum atomic E-state index is 13.5. The third-order valence-corrected chi connectivity index (χ3v) is 7.97. The molecular formula is C32H16N2O2. The van der Waals surface area contributed by atoms with Crippen LogP contribution in [0.5, 0.6) is 0 Å². The number of aromatic nitrogens is 2. The van der Waals surface area contributed by atoms with Gasteiger partial charge in [0.05, 0.1) is 33.1 Å². The minimum Gasteiger partial charge on any atom is -0.308 e. The maximum absolute atomic E-state index is 13.5. The largest absolute Gasteiger partial charge is 0.308 e. The van der Waals surface area contributed by atoms with E-state index in [2.05, 4.69) is 33.1 Å². The molecule has 0 atom stereocenters. The van der Waals surface area contributed by atoms with E-state index >= 15 is 0 Å². The van der Waals surface area contributed by atoms with E-state index in [0.29, 0.717) is 5.39 Å². The normalized spacial score (nSPS) is 12.7. The topological polar surface area (TPSA) is 43.0 Å². The number of benzene rings is 5. The van der Waals surface area contributed by atoms with Gasteiger partial charge >= 0.3 is 0 Å². The van der Waals surface area contributed by atoms with Crippen molar-refractivity contribution in [3.8, 4) is 0 Å². The summed E-state index contributed by atoms with van der Waals surface area (Å²) in [4.78, 5) is 27.0. The number of hydrogen-bond donors (Lipinski definition) is 0. The lowest BCUT2D eigenvalue weighted by Crippen LogP contribution is -2.06. The molecule has 0 aliphatic heterocycles. The summed E-state index contributed by atoms with van der Waals surface area (Å²) < 4.78 is 4.50. The Morgan fingerprint density at radius 3 is 1.56 bits per heavy atom. The molecule has 4 heteroatoms. The average Bonchev–Trinajstić information content (AvgIpc) is 3.45. The van der Waals surface area contributed by atoms with Crippen molar-refractivity contribution >= 4 is 76.2 Å². The van der Waals surface area contributed by atoms with Crippen LogP contribution in [0.2, 0.25) is 0 Å². The lowest BCUT2D eigenvalue weighted by atomic mass is 10.1. The minimum absolute atomic E-state index is 0.0580. The van der Waals surface area contributed by atoms with E-state index in [1.54, 1.807) is 0 Å². The molecule has 166 valence electrons. The van der Waals surface area contributed by atoms with Crippen molar-refractivity contribution in [3.63, 3.8) is 0 Å². The predicted molar refractivity (Wildman–Crippen MR) is 148 cm³/mol. The number of rotatable bonds is 0. The zero-order chi connectivity index (χ0) is 23.7. The SMILES string of the molecule is O=c1c2ccccc2n2c3ccc4c5cccc6c(=O)c7ccccc7n(c65)c4c3c3cccc1c32. The third-order valence-electron chi connectivity index (χ3n) is 7.97. The monoisotopic (exact) mass is 460 g/mol. The van der Waals surface area contributed by atoms with Crippen molar-refractivity contribution in [1.29, 1.82) is 0 Å². The Morgan fingerprint density at radius 2 is 0.861 bits per heavy atom. The first kappa shape index (κ1) is 18.4. The van der Waals surface area contributed by atoms with Crippen molar-refractivity contribution < 1.29 is 0 Å². The van der Waals surface area contributed by atoms with Gasteiger partial charge in [-0.15, -0.1) is 0 Å². The maximum Gasteiger partial charge on any atom is 0.197 e. The highest BCUT2D eigenvalue weighted by Crippen LogP contribution is 2.42. The van der Waals surface area contributed by atoms with Crippen molar-refractivity contribution in [1.82, 2.24) is 8.80 Å². The Morgan fingerprint density at radius 1 is 0.361 bits per heavy atom. The first-order valence-corrected chi connectivity index (χ1v) is 12.1. The summed E-state index contributed by atoms with van der Waals surface area (Å²) in [6.07, 6.45) is 0. The quantitative estimate of drug-likeness (QED) is 0.236. The number of pyridine rings is 2. The van der Waals surface area contributed by atoms with Crippen LogP contribution >= 0.6 is 0 Å². The van der Waals surface area contributed by atoms with Gasteiger partial charge in [0.2, 0.25) is 0 Å². The second-order valence-corrected chi connectivity index (χ2v) is 9.62. The summed E-state index contributed by atoms with van der Waals surface area (Å²) in [5, 5.41) is 7.19. The van der Waals surface area contributed by atoms with Crippen LogP contribution in [-0.2, 0) is 0 Å². The molecule has 4 heterocycles. The fourth-order valence-electron chi connectivity index (χ4n) is 6.57. The van der Waals surface area contributed by atoms with Gasteiger partial charge < -0.3 is 8.80 Å². The highest BCUT2D eigenvalue weighted by Gasteiger charge is 2.23. The van der Waals surface area contributed by atoms with Crippen LogP contribution in [0.15, 0.2) is 107 Å². The van der Waals surface area contributed by atoms with Crippen LogP contribution in [0.25, 0.3) is 76.2 Å². The van der Waals surface area contributed by atoms with Crippen LogP contribution in [0.4, 0.5) is 0 Å². The molecule has 0 N–H and O–H groups in total. The van der Waals surface area contributed by atoms with E-state index in [1.807, 2.05) is 72.8 Å². The molecule has 9 rings (SSSR count). The van der Waals surface area contributed by atoms with Crippen LogP contribution in [-0.4, -0.2) is 8.80 Å². The van der Waals surface area contributed by atoms with Crippen molar-refractivity contribution in [2.75, 3.05) is 0 Å². The van der Waals surface area contributed by atoms with Crippen LogP contribution in [0, 0.1) is 0 Å². The fourth-order valence-corrected chi connectivity index (χ4v) is 6.57. The van der Waals surface area contributed by atoms with Gasteiger partial charge in [-0.3, -0.25) is 9.59 Å². The Bertz CT molecular complexity index is 2520. The van der Waals surface area contributed by atoms with E-state index in [4.69, 9.17) is 0 Å². The molecule has 0 saturated carbocycles. The number of para-hydroxylation sites is 4. The van der Waals surface area contributed by atoms with Gasteiger partial charge in [0.15, 0.2) is 10.9 Å². The van der Waals surface area contributed by atoms with Crippen molar-refractivity contribution in [3.05, 3.63) is 118 Å². The smallest absolute Gasteiger partial charge is 0.197 e. The Labute approximate surface area is 202 Å². The highest BCUT2D eigenvalue weighted by atomic mass is 16.1. The predicted octanol–water partition coefficient (Wildman–Crippen LogP) is 6.71. The molecule has 5 aromatic carbocycles. The molecule has 0 aliphatic carbocycles. The molecule has 0 radical (unpaired) electrons. The molecule has 0 spiro atoms. The van der Waals surface area contributed by atoms with E-state index in [9.17, 15) is 9.59 Å².